The molecule has 0 heterocycles. The number of hydrogen-bond donors (Lipinski definition) is 5. The number of amides is 1. The lowest BCUT2D eigenvalue weighted by atomic mass is 9.58. The van der Waals surface area contributed by atoms with Gasteiger partial charge < -0.3 is 31.1 Å². The van der Waals surface area contributed by atoms with Crippen LogP contribution in [-0.2, 0) is 28.0 Å². The Morgan fingerprint density at radius 3 is 2.34 bits per heavy atom. The number of nitrogens with two attached hydrogens (primary N) is 1. The van der Waals surface area contributed by atoms with E-state index >= 15 is 0 Å². The number of carbonyl (C=O) groups excluding carboxylic acids is 3. The van der Waals surface area contributed by atoms with E-state index in [1.54, 1.807) is 14.1 Å². The van der Waals surface area contributed by atoms with Crippen LogP contribution in [0.3, 0.4) is 0 Å². The quantitative estimate of drug-likeness (QED) is 0.291. The SMILES string of the molecule is CN(Cc1cc(O)c2c(c1Cl)C[C@H]1C[C@H]3[C@H](N(C)C)C(O)=C(C(N)=O)C(=O)[C@@]3(O)C(O)=C1C2=O)CC(C)(C)c1ccccc1. The number of ketones is 2. The van der Waals surface area contributed by atoms with Gasteiger partial charge in [0.05, 0.1) is 11.6 Å². The third kappa shape index (κ3) is 4.81. The van der Waals surface area contributed by atoms with Crippen molar-refractivity contribution in [3.8, 4) is 5.75 Å². The highest BCUT2D eigenvalue weighted by Gasteiger charge is 2.63. The van der Waals surface area contributed by atoms with Crippen molar-refractivity contribution in [3.05, 3.63) is 86.3 Å². The van der Waals surface area contributed by atoms with Crippen molar-refractivity contribution in [1.82, 2.24) is 9.80 Å². The summed E-state index contributed by atoms with van der Waals surface area (Å²) in [6.07, 6.45) is 0.131. The van der Waals surface area contributed by atoms with Crippen LogP contribution in [0.25, 0.3) is 0 Å². The highest BCUT2D eigenvalue weighted by atomic mass is 35.5. The predicted molar refractivity (Wildman–Crippen MR) is 164 cm³/mol. The molecular weight excluding hydrogens is 586 g/mol. The second-order valence-electron chi connectivity index (χ2n) is 13.1. The molecule has 10 nitrogen and oxygen atoms in total. The van der Waals surface area contributed by atoms with E-state index in [1.807, 2.05) is 25.2 Å². The Labute approximate surface area is 261 Å². The number of fused-ring (bicyclic) bond motifs is 3. The lowest BCUT2D eigenvalue weighted by Crippen LogP contribution is -2.63. The number of rotatable bonds is 7. The minimum Gasteiger partial charge on any atom is -0.510 e. The number of primary amides is 1. The van der Waals surface area contributed by atoms with Crippen molar-refractivity contribution in [2.24, 2.45) is 17.6 Å². The first kappa shape index (κ1) is 31.7. The van der Waals surface area contributed by atoms with Crippen molar-refractivity contribution in [1.29, 1.82) is 0 Å². The van der Waals surface area contributed by atoms with Crippen LogP contribution in [0.4, 0.5) is 0 Å². The second kappa shape index (κ2) is 11.0. The fourth-order valence-corrected chi connectivity index (χ4v) is 7.76. The summed E-state index contributed by atoms with van der Waals surface area (Å²) in [7, 11) is 5.12. The molecular formula is C33H38ClN3O7. The summed E-state index contributed by atoms with van der Waals surface area (Å²) in [5.74, 6) is -6.94. The maximum atomic E-state index is 13.9. The molecule has 0 aliphatic heterocycles. The number of benzene rings is 2. The second-order valence-corrected chi connectivity index (χ2v) is 13.5. The number of aliphatic hydroxyl groups is 3. The molecule has 5 rings (SSSR count). The summed E-state index contributed by atoms with van der Waals surface area (Å²) in [6.45, 7) is 5.35. The normalized spacial score (nSPS) is 25.3. The van der Waals surface area contributed by atoms with E-state index in [1.165, 1.54) is 16.5 Å². The zero-order valence-electron chi connectivity index (χ0n) is 25.4. The Hall–Kier alpha value is -3.70. The van der Waals surface area contributed by atoms with Gasteiger partial charge in [0.1, 0.15) is 22.8 Å². The fraction of sp³-hybridized carbons (Fsp3) is 0.424. The van der Waals surface area contributed by atoms with E-state index in [0.717, 1.165) is 0 Å². The predicted octanol–water partition coefficient (Wildman–Crippen LogP) is 3.18. The van der Waals surface area contributed by atoms with Crippen molar-refractivity contribution < 1.29 is 34.8 Å². The first-order chi connectivity index (χ1) is 20.5. The third-order valence-electron chi connectivity index (χ3n) is 9.39. The highest BCUT2D eigenvalue weighted by molar-refractivity contribution is 6.33. The molecule has 0 bridgehead atoms. The summed E-state index contributed by atoms with van der Waals surface area (Å²) >= 11 is 6.93. The van der Waals surface area contributed by atoms with Gasteiger partial charge >= 0.3 is 0 Å². The molecule has 0 saturated heterocycles. The first-order valence-electron chi connectivity index (χ1n) is 14.4. The summed E-state index contributed by atoms with van der Waals surface area (Å²) in [4.78, 5) is 43.1. The van der Waals surface area contributed by atoms with E-state index in [2.05, 4.69) is 30.9 Å². The minimum atomic E-state index is -2.68. The Morgan fingerprint density at radius 2 is 1.75 bits per heavy atom. The largest absolute Gasteiger partial charge is 0.510 e. The summed E-state index contributed by atoms with van der Waals surface area (Å²) < 4.78 is 0. The monoisotopic (exact) mass is 623 g/mol. The topological polar surface area (TPSA) is 165 Å². The molecule has 11 heteroatoms. The van der Waals surface area contributed by atoms with Crippen molar-refractivity contribution in [3.63, 3.8) is 0 Å². The number of likely N-dealkylation sites (N-methyl/N-ethyl adjacent to an activating group) is 2. The van der Waals surface area contributed by atoms with Crippen LogP contribution < -0.4 is 5.73 Å². The van der Waals surface area contributed by atoms with Gasteiger partial charge in [0.2, 0.25) is 5.78 Å². The number of phenols is 1. The molecule has 0 fully saturated rings. The highest BCUT2D eigenvalue weighted by Crippen LogP contribution is 2.53. The molecule has 234 valence electrons. The molecule has 0 saturated carbocycles. The third-order valence-corrected chi connectivity index (χ3v) is 9.86. The van der Waals surface area contributed by atoms with Crippen molar-refractivity contribution in [2.75, 3.05) is 27.7 Å². The zero-order valence-corrected chi connectivity index (χ0v) is 26.1. The Bertz CT molecular complexity index is 1630. The molecule has 2 aromatic rings. The van der Waals surface area contributed by atoms with Crippen LogP contribution in [0.2, 0.25) is 5.02 Å². The van der Waals surface area contributed by atoms with E-state index in [0.29, 0.717) is 29.2 Å². The van der Waals surface area contributed by atoms with Gasteiger partial charge in [-0.05, 0) is 62.7 Å². The number of carbonyl (C=O) groups is 3. The molecule has 1 amide bonds. The molecule has 0 spiro atoms. The van der Waals surface area contributed by atoms with Gasteiger partial charge in [-0.1, -0.05) is 55.8 Å². The van der Waals surface area contributed by atoms with Gasteiger partial charge in [-0.2, -0.15) is 0 Å². The molecule has 4 atom stereocenters. The van der Waals surface area contributed by atoms with Crippen molar-refractivity contribution in [2.45, 2.75) is 50.3 Å². The van der Waals surface area contributed by atoms with Crippen LogP contribution in [0, 0.1) is 11.8 Å². The number of hydrogen-bond acceptors (Lipinski definition) is 9. The maximum Gasteiger partial charge on any atom is 0.255 e. The zero-order chi connectivity index (χ0) is 32.5. The van der Waals surface area contributed by atoms with Crippen LogP contribution in [0.1, 0.15) is 47.3 Å². The number of nitrogens with zero attached hydrogens (tertiary/aromatic N) is 2. The number of Topliss-reactive ketones (excluding diaryl/α,β-unsaturated/α-hetero) is 2. The molecule has 44 heavy (non-hydrogen) atoms. The smallest absolute Gasteiger partial charge is 0.255 e. The first-order valence-corrected chi connectivity index (χ1v) is 14.8. The number of aliphatic hydroxyl groups excluding tert-OH is 2. The standard InChI is InChI=1S/C33H38ClN3O7/c1-32(2,18-9-7-6-8-10-18)15-37(5)14-17-13-21(38)23-19(25(17)34)11-16-12-20-26(36(3)4)28(40)24(31(35)43)30(42)33(20,44)29(41)22(16)27(23)39/h6-10,13,16,20,26,38,40-41,44H,11-12,14-15H2,1-5H3,(H2,35,43)/t16-,20-,26-,33-/m0/s1. The molecule has 0 aromatic heterocycles. The number of halogens is 1. The van der Waals surface area contributed by atoms with Crippen LogP contribution in [0.15, 0.2) is 59.1 Å². The Kier molecular flexibility index (Phi) is 7.95. The molecule has 0 radical (unpaired) electrons. The van der Waals surface area contributed by atoms with Crippen LogP contribution in [0.5, 0.6) is 5.75 Å². The van der Waals surface area contributed by atoms with E-state index in [-0.39, 0.29) is 35.1 Å². The van der Waals surface area contributed by atoms with Gasteiger partial charge in [-0.25, -0.2) is 0 Å². The number of phenolic OH excluding ortho intramolecular Hbond substituents is 1. The van der Waals surface area contributed by atoms with Gasteiger partial charge in [0.25, 0.3) is 5.91 Å². The van der Waals surface area contributed by atoms with Gasteiger partial charge in [0, 0.05) is 35.0 Å². The minimum absolute atomic E-state index is 0.00174. The molecule has 3 aliphatic carbocycles. The average molecular weight is 624 g/mol. The Morgan fingerprint density at radius 1 is 1.11 bits per heavy atom. The average Bonchev–Trinajstić information content (AvgIpc) is 2.93. The fourth-order valence-electron chi connectivity index (χ4n) is 7.47. The number of aromatic hydroxyl groups is 1. The summed E-state index contributed by atoms with van der Waals surface area (Å²) in [5, 5.41) is 45.5. The van der Waals surface area contributed by atoms with Crippen LogP contribution >= 0.6 is 11.6 Å². The Balaban J connectivity index is 1.53. The van der Waals surface area contributed by atoms with Gasteiger partial charge in [0.15, 0.2) is 11.4 Å². The van der Waals surface area contributed by atoms with Gasteiger partial charge in [-0.3, -0.25) is 19.3 Å². The van der Waals surface area contributed by atoms with E-state index < -0.39 is 58.0 Å². The van der Waals surface area contributed by atoms with E-state index in [4.69, 9.17) is 17.3 Å². The van der Waals surface area contributed by atoms with Crippen LogP contribution in [-0.4, -0.2) is 87.0 Å². The summed E-state index contributed by atoms with van der Waals surface area (Å²) in [6, 6.07) is 10.5. The summed E-state index contributed by atoms with van der Waals surface area (Å²) in [5.41, 5.74) is 3.57. The van der Waals surface area contributed by atoms with Crippen molar-refractivity contribution >= 4 is 29.1 Å². The maximum absolute atomic E-state index is 13.9. The van der Waals surface area contributed by atoms with Gasteiger partial charge in [-0.15, -0.1) is 0 Å². The van der Waals surface area contributed by atoms with E-state index in [9.17, 15) is 34.8 Å². The lowest BCUT2D eigenvalue weighted by molar-refractivity contribution is -0.148. The number of allylic oxidation sites excluding steroid dienone is 1. The molecule has 6 N–H and O–H groups in total. The lowest BCUT2D eigenvalue weighted by Gasteiger charge is -2.50. The molecule has 0 unspecified atom stereocenters. The molecule has 2 aromatic carbocycles. The molecule has 3 aliphatic rings.